The van der Waals surface area contributed by atoms with Gasteiger partial charge in [-0.25, -0.2) is 0 Å². The fraction of sp³-hybridized carbons (Fsp3) is 0.155. The number of hydrogen-bond acceptors (Lipinski definition) is 3. The second-order valence-electron chi connectivity index (χ2n) is 22.8. The van der Waals surface area contributed by atoms with Crippen LogP contribution in [0.15, 0.2) is 170 Å². The van der Waals surface area contributed by atoms with Crippen LogP contribution >= 0.6 is 22.6 Å². The van der Waals surface area contributed by atoms with Crippen LogP contribution in [0, 0.1) is 52.0 Å². The van der Waals surface area contributed by atoms with Crippen LogP contribution < -0.4 is 47.3 Å². The van der Waals surface area contributed by atoms with Crippen LogP contribution in [0.5, 0.6) is 11.5 Å². The molecule has 10 aromatic carbocycles. The highest BCUT2D eigenvalue weighted by atomic mass is 127. The Morgan fingerprint density at radius 2 is 1.06 bits per heavy atom. The zero-order chi connectivity index (χ0) is 53.0. The summed E-state index contributed by atoms with van der Waals surface area (Å²) in [4.78, 5) is 5.11. The third-order valence-electron chi connectivity index (χ3n) is 17.8. The van der Waals surface area contributed by atoms with Crippen LogP contribution in [-0.2, 0) is 6.42 Å². The first-order valence-corrected chi connectivity index (χ1v) is 29.0. The van der Waals surface area contributed by atoms with Crippen molar-refractivity contribution in [1.82, 2.24) is 4.57 Å². The summed E-state index contributed by atoms with van der Waals surface area (Å²) < 4.78 is 11.5. The highest BCUT2D eigenvalue weighted by Gasteiger charge is 2.48. The Bertz CT molecular complexity index is 4360. The number of benzene rings is 10. The van der Waals surface area contributed by atoms with E-state index >= 15 is 0 Å². The highest BCUT2D eigenvalue weighted by Crippen LogP contribution is 2.49. The molecular formula is C71H58B2IN3O. The number of anilines is 6. The number of unbranched alkanes of at least 4 members (excludes halogenated alkanes) is 1. The van der Waals surface area contributed by atoms with Crippen LogP contribution in [0.3, 0.4) is 0 Å². The number of fused-ring (bicyclic) bond motifs is 11. The molecule has 1 aromatic heterocycles. The maximum atomic E-state index is 7.68. The van der Waals surface area contributed by atoms with E-state index in [2.05, 4.69) is 262 Å². The number of nitrogens with zero attached hydrogens (tertiary/aromatic N) is 3. The molecule has 0 bridgehead atoms. The van der Waals surface area contributed by atoms with Crippen molar-refractivity contribution in [2.75, 3.05) is 9.80 Å². The lowest BCUT2D eigenvalue weighted by Gasteiger charge is -2.45. The maximum Gasteiger partial charge on any atom is 0.256 e. The molecule has 0 atom stereocenters. The average molecular weight is 1120 g/mol. The third kappa shape index (κ3) is 6.92. The molecule has 0 N–H and O–H groups in total. The van der Waals surface area contributed by atoms with Crippen molar-refractivity contribution in [2.45, 2.75) is 74.7 Å². The lowest BCUT2D eigenvalue weighted by molar-refractivity contribution is 0.487. The second-order valence-corrected chi connectivity index (χ2v) is 24.1. The topological polar surface area (TPSA) is 20.6 Å². The van der Waals surface area contributed by atoms with Crippen molar-refractivity contribution in [3.8, 4) is 39.4 Å². The van der Waals surface area contributed by atoms with Crippen molar-refractivity contribution >= 4 is 125 Å². The van der Waals surface area contributed by atoms with Gasteiger partial charge in [0.1, 0.15) is 11.5 Å². The van der Waals surface area contributed by atoms with Crippen LogP contribution in [0.25, 0.3) is 49.7 Å². The van der Waals surface area contributed by atoms with E-state index in [9.17, 15) is 0 Å². The van der Waals surface area contributed by atoms with E-state index in [1.807, 2.05) is 0 Å². The fourth-order valence-electron chi connectivity index (χ4n) is 14.3. The number of aromatic nitrogens is 1. The van der Waals surface area contributed by atoms with E-state index in [0.717, 1.165) is 35.0 Å². The van der Waals surface area contributed by atoms with Crippen LogP contribution in [0.4, 0.5) is 34.1 Å². The van der Waals surface area contributed by atoms with E-state index in [1.54, 1.807) is 0 Å². The third-order valence-corrected chi connectivity index (χ3v) is 18.5. The van der Waals surface area contributed by atoms with Gasteiger partial charge in [0, 0.05) is 65.7 Å². The summed E-state index contributed by atoms with van der Waals surface area (Å²) in [6.45, 7) is 17.9. The van der Waals surface area contributed by atoms with Gasteiger partial charge in [0.2, 0.25) is 0 Å². The molecule has 11 aromatic rings. The lowest BCUT2D eigenvalue weighted by atomic mass is 9.30. The van der Waals surface area contributed by atoms with E-state index in [0.29, 0.717) is 0 Å². The molecule has 0 unspecified atom stereocenters. The predicted octanol–water partition coefficient (Wildman–Crippen LogP) is 15.2. The molecule has 0 aliphatic carbocycles. The molecule has 7 heteroatoms. The van der Waals surface area contributed by atoms with Crippen molar-refractivity contribution < 1.29 is 4.74 Å². The summed E-state index contributed by atoms with van der Waals surface area (Å²) in [5.74, 6) is 1.83. The quantitative estimate of drug-likeness (QED) is 0.117. The fourth-order valence-corrected chi connectivity index (χ4v) is 14.7. The van der Waals surface area contributed by atoms with Gasteiger partial charge in [0.05, 0.1) is 5.52 Å². The summed E-state index contributed by atoms with van der Waals surface area (Å²) in [6.07, 6.45) is 3.43. The maximum absolute atomic E-state index is 7.68. The molecule has 0 fully saturated rings. The normalized spacial score (nSPS) is 13.3. The Morgan fingerprint density at radius 3 is 1.74 bits per heavy atom. The molecule has 0 saturated heterocycles. The van der Waals surface area contributed by atoms with Gasteiger partial charge < -0.3 is 19.1 Å². The lowest BCUT2D eigenvalue weighted by Crippen LogP contribution is -2.64. The Hall–Kier alpha value is -7.74. The van der Waals surface area contributed by atoms with Crippen LogP contribution in [0.1, 0.15) is 64.3 Å². The average Bonchev–Trinajstić information content (AvgIpc) is 3.18. The molecule has 0 saturated carbocycles. The number of ether oxygens (including phenoxy) is 1. The SMILES string of the molecule is CCCCc1ccc2c(c1)c1ccc(C)c3c1n2-c1cc(-c2c(C)cccc2C)cc2c1B3c1cc3c(cc1O2)N(c1ccc(I)cc1)c1cc(-c2c(C)cccc2C)cc2c1B3c1cc(C)ccc1N2c1ccc(C)cc1. The number of hydrogen-bond donors (Lipinski definition) is 0. The van der Waals surface area contributed by atoms with Gasteiger partial charge >= 0.3 is 0 Å². The first kappa shape index (κ1) is 47.5. The molecular weight excluding hydrogens is 1060 g/mol. The Morgan fingerprint density at radius 1 is 0.449 bits per heavy atom. The van der Waals surface area contributed by atoms with Crippen molar-refractivity contribution in [1.29, 1.82) is 0 Å². The Labute approximate surface area is 472 Å². The molecule has 78 heavy (non-hydrogen) atoms. The largest absolute Gasteiger partial charge is 0.458 e. The van der Waals surface area contributed by atoms with Gasteiger partial charge in [-0.1, -0.05) is 115 Å². The monoisotopic (exact) mass is 1120 g/mol. The van der Waals surface area contributed by atoms with Crippen molar-refractivity contribution in [3.05, 3.63) is 218 Å². The minimum atomic E-state index is -0.0836. The van der Waals surface area contributed by atoms with Gasteiger partial charge in [-0.3, -0.25) is 0 Å². The first-order valence-electron chi connectivity index (χ1n) is 27.9. The van der Waals surface area contributed by atoms with E-state index in [-0.39, 0.29) is 13.4 Å². The van der Waals surface area contributed by atoms with Gasteiger partial charge in [0.25, 0.3) is 13.4 Å². The zero-order valence-corrected chi connectivity index (χ0v) is 47.7. The van der Waals surface area contributed by atoms with Crippen molar-refractivity contribution in [3.63, 3.8) is 0 Å². The number of aryl methyl sites for hydroxylation is 8. The molecule has 4 nitrogen and oxygen atoms in total. The van der Waals surface area contributed by atoms with Gasteiger partial charge in [0.15, 0.2) is 0 Å². The minimum Gasteiger partial charge on any atom is -0.458 e. The highest BCUT2D eigenvalue weighted by molar-refractivity contribution is 14.1. The smallest absolute Gasteiger partial charge is 0.256 e. The van der Waals surface area contributed by atoms with Gasteiger partial charge in [-0.05, 0) is 246 Å². The van der Waals surface area contributed by atoms with Gasteiger partial charge in [-0.2, -0.15) is 0 Å². The standard InChI is InChI=1S/C71H58B2IN3O/c1-9-10-17-47-22-31-58-54(33-47)53-29-21-46(8)68-71(53)77(58)63-36-49(67-44(6)15-12-16-45(67)7)37-65-70(63)73(68)57-38-56-60(39-64(57)78-65)76(52-27-23-50(74)24-28-52)62-35-48(66-42(4)13-11-14-43(66)5)34-61-69(62)72(56)55-32-41(3)20-30-59(55)75(61)51-25-18-40(2)19-26-51/h11-16,18-39H,9-10,17H2,1-8H3. The Balaban J connectivity index is 1.06. The predicted molar refractivity (Wildman–Crippen MR) is 341 cm³/mol. The first-order chi connectivity index (χ1) is 37.9. The summed E-state index contributed by atoms with van der Waals surface area (Å²) >= 11 is 2.45. The molecule has 4 aliphatic heterocycles. The molecule has 4 aliphatic rings. The minimum absolute atomic E-state index is 0.0835. The summed E-state index contributed by atoms with van der Waals surface area (Å²) in [5, 5.41) is 2.64. The Kier molecular flexibility index (Phi) is 10.7. The van der Waals surface area contributed by atoms with E-state index in [1.165, 1.54) is 161 Å². The molecule has 0 radical (unpaired) electrons. The van der Waals surface area contributed by atoms with E-state index < -0.39 is 0 Å². The number of halogens is 1. The van der Waals surface area contributed by atoms with Crippen LogP contribution in [0.2, 0.25) is 0 Å². The van der Waals surface area contributed by atoms with Crippen LogP contribution in [-0.4, -0.2) is 18.0 Å². The van der Waals surface area contributed by atoms with E-state index in [4.69, 9.17) is 4.74 Å². The number of rotatable bonds is 7. The summed E-state index contributed by atoms with van der Waals surface area (Å²) in [5.41, 5.74) is 33.7. The summed E-state index contributed by atoms with van der Waals surface area (Å²) in [7, 11) is 0. The van der Waals surface area contributed by atoms with Crippen molar-refractivity contribution in [2.24, 2.45) is 0 Å². The molecule has 0 amide bonds. The summed E-state index contributed by atoms with van der Waals surface area (Å²) in [6, 6.07) is 65.6. The molecule has 0 spiro atoms. The molecule has 15 rings (SSSR count). The molecule has 5 heterocycles. The zero-order valence-electron chi connectivity index (χ0n) is 45.6. The molecule has 376 valence electrons. The van der Waals surface area contributed by atoms with Gasteiger partial charge in [-0.15, -0.1) is 0 Å². The second kappa shape index (κ2) is 17.6.